The van der Waals surface area contributed by atoms with Gasteiger partial charge in [0.25, 0.3) is 10.0 Å². The van der Waals surface area contributed by atoms with Crippen molar-refractivity contribution in [2.45, 2.75) is 11.4 Å². The second-order valence-corrected chi connectivity index (χ2v) is 6.33. The summed E-state index contributed by atoms with van der Waals surface area (Å²) in [6, 6.07) is 9.90. The first kappa shape index (κ1) is 14.0. The molecular weight excluding hydrogens is 330 g/mol. The van der Waals surface area contributed by atoms with Gasteiger partial charge in [-0.1, -0.05) is 12.1 Å². The fraction of sp³-hybridized carbons (Fsp3) is 0.0833. The lowest BCUT2D eigenvalue weighted by Gasteiger charge is -2.09. The smallest absolute Gasteiger partial charge is 0.263 e. The zero-order valence-corrected chi connectivity index (χ0v) is 12.3. The topological polar surface area (TPSA) is 85.1 Å². The van der Waals surface area contributed by atoms with Gasteiger partial charge >= 0.3 is 0 Å². The van der Waals surface area contributed by atoms with E-state index in [2.05, 4.69) is 25.6 Å². The summed E-state index contributed by atoms with van der Waals surface area (Å²) in [5.41, 5.74) is 6.26. The Bertz CT molecular complexity index is 689. The van der Waals surface area contributed by atoms with Crippen molar-refractivity contribution >= 4 is 31.8 Å². The summed E-state index contributed by atoms with van der Waals surface area (Å²) in [4.78, 5) is 4.13. The predicted octanol–water partition coefficient (Wildman–Crippen LogP) is 2.10. The van der Waals surface area contributed by atoms with E-state index in [4.69, 9.17) is 5.73 Å². The molecule has 0 aliphatic carbocycles. The Kier molecular flexibility index (Phi) is 4.18. The van der Waals surface area contributed by atoms with Gasteiger partial charge in [0, 0.05) is 12.7 Å². The molecule has 0 saturated heterocycles. The maximum atomic E-state index is 12.2. The fourth-order valence-corrected chi connectivity index (χ4v) is 3.07. The number of pyridine rings is 1. The number of benzene rings is 1. The molecule has 0 atom stereocenters. The maximum absolute atomic E-state index is 12.2. The van der Waals surface area contributed by atoms with E-state index in [1.54, 1.807) is 30.3 Å². The molecule has 2 aromatic rings. The molecule has 0 aliphatic heterocycles. The molecule has 0 amide bonds. The zero-order chi connectivity index (χ0) is 13.9. The minimum Gasteiger partial charge on any atom is -0.326 e. The summed E-state index contributed by atoms with van der Waals surface area (Å²) in [6.07, 6.45) is 1.51. The van der Waals surface area contributed by atoms with E-state index in [9.17, 15) is 8.42 Å². The van der Waals surface area contributed by atoms with Gasteiger partial charge in [-0.3, -0.25) is 4.72 Å². The van der Waals surface area contributed by atoms with Gasteiger partial charge in [0.2, 0.25) is 0 Å². The lowest BCUT2D eigenvalue weighted by Crippen LogP contribution is -2.14. The van der Waals surface area contributed by atoms with Crippen molar-refractivity contribution in [3.63, 3.8) is 0 Å². The monoisotopic (exact) mass is 341 g/mol. The molecule has 1 aromatic carbocycles. The van der Waals surface area contributed by atoms with E-state index in [1.807, 2.05) is 0 Å². The summed E-state index contributed by atoms with van der Waals surface area (Å²) in [5, 5.41) is 0. The van der Waals surface area contributed by atoms with Crippen LogP contribution in [-0.4, -0.2) is 13.4 Å². The molecule has 1 heterocycles. The highest BCUT2D eigenvalue weighted by Crippen LogP contribution is 2.22. The first-order valence-electron chi connectivity index (χ1n) is 5.45. The van der Waals surface area contributed by atoms with Crippen LogP contribution in [-0.2, 0) is 16.6 Å². The van der Waals surface area contributed by atoms with Gasteiger partial charge in [0.05, 0.1) is 9.37 Å². The number of halogens is 1. The Morgan fingerprint density at radius 3 is 2.74 bits per heavy atom. The second kappa shape index (κ2) is 5.68. The van der Waals surface area contributed by atoms with E-state index in [0.29, 0.717) is 4.47 Å². The number of aromatic nitrogens is 1. The van der Waals surface area contributed by atoms with Crippen LogP contribution in [0.2, 0.25) is 0 Å². The first-order valence-corrected chi connectivity index (χ1v) is 7.73. The molecular formula is C12H12BrN3O2S. The van der Waals surface area contributed by atoms with Crippen molar-refractivity contribution in [3.05, 3.63) is 52.6 Å². The Hall–Kier alpha value is -1.44. The summed E-state index contributed by atoms with van der Waals surface area (Å²) < 4.78 is 27.4. The lowest BCUT2D eigenvalue weighted by molar-refractivity contribution is 0.601. The van der Waals surface area contributed by atoms with Gasteiger partial charge in [0.1, 0.15) is 0 Å². The van der Waals surface area contributed by atoms with Crippen molar-refractivity contribution in [2.24, 2.45) is 5.73 Å². The first-order chi connectivity index (χ1) is 9.03. The molecule has 0 spiro atoms. The SMILES string of the molecule is NCc1cccc(S(=O)(=O)Nc2ncccc2Br)c1. The van der Waals surface area contributed by atoms with Crippen molar-refractivity contribution in [3.8, 4) is 0 Å². The van der Waals surface area contributed by atoms with Crippen LogP contribution < -0.4 is 10.5 Å². The van der Waals surface area contributed by atoms with Gasteiger partial charge in [-0.2, -0.15) is 0 Å². The Labute approximate surface area is 120 Å². The standard InChI is InChI=1S/C12H12BrN3O2S/c13-11-5-2-6-15-12(11)16-19(17,18)10-4-1-3-9(7-10)8-14/h1-7H,8,14H2,(H,15,16). The summed E-state index contributed by atoms with van der Waals surface area (Å²) >= 11 is 3.24. The van der Waals surface area contributed by atoms with Gasteiger partial charge in [-0.15, -0.1) is 0 Å². The highest BCUT2D eigenvalue weighted by Gasteiger charge is 2.16. The Morgan fingerprint density at radius 2 is 2.05 bits per heavy atom. The highest BCUT2D eigenvalue weighted by molar-refractivity contribution is 9.10. The summed E-state index contributed by atoms with van der Waals surface area (Å²) in [7, 11) is -3.67. The molecule has 5 nitrogen and oxygen atoms in total. The third kappa shape index (κ3) is 3.31. The van der Waals surface area contributed by atoms with Crippen LogP contribution >= 0.6 is 15.9 Å². The third-order valence-electron chi connectivity index (χ3n) is 2.43. The van der Waals surface area contributed by atoms with Gasteiger partial charge in [0.15, 0.2) is 5.82 Å². The van der Waals surface area contributed by atoms with E-state index < -0.39 is 10.0 Å². The van der Waals surface area contributed by atoms with Gasteiger partial charge < -0.3 is 5.73 Å². The van der Waals surface area contributed by atoms with Crippen molar-refractivity contribution in [2.75, 3.05) is 4.72 Å². The largest absolute Gasteiger partial charge is 0.326 e. The van der Waals surface area contributed by atoms with Crippen LogP contribution in [0.1, 0.15) is 5.56 Å². The fourth-order valence-electron chi connectivity index (χ4n) is 1.49. The van der Waals surface area contributed by atoms with Crippen LogP contribution in [0, 0.1) is 0 Å². The zero-order valence-electron chi connectivity index (χ0n) is 9.88. The van der Waals surface area contributed by atoms with Crippen molar-refractivity contribution < 1.29 is 8.42 Å². The van der Waals surface area contributed by atoms with E-state index in [-0.39, 0.29) is 17.3 Å². The van der Waals surface area contributed by atoms with Gasteiger partial charge in [-0.05, 0) is 45.8 Å². The average Bonchev–Trinajstić information content (AvgIpc) is 2.41. The molecule has 3 N–H and O–H groups in total. The Balaban J connectivity index is 2.35. The quantitative estimate of drug-likeness (QED) is 0.891. The summed E-state index contributed by atoms with van der Waals surface area (Å²) in [5.74, 6) is 0.251. The number of nitrogens with two attached hydrogens (primary N) is 1. The van der Waals surface area contributed by atoms with Crippen LogP contribution in [0.3, 0.4) is 0 Å². The molecule has 0 saturated carbocycles. The Morgan fingerprint density at radius 1 is 1.26 bits per heavy atom. The van der Waals surface area contributed by atoms with Crippen LogP contribution in [0.4, 0.5) is 5.82 Å². The lowest BCUT2D eigenvalue weighted by atomic mass is 10.2. The number of hydrogen-bond acceptors (Lipinski definition) is 4. The molecule has 0 aliphatic rings. The molecule has 100 valence electrons. The van der Waals surface area contributed by atoms with E-state index in [1.165, 1.54) is 12.3 Å². The van der Waals surface area contributed by atoms with Crippen molar-refractivity contribution in [1.29, 1.82) is 0 Å². The van der Waals surface area contributed by atoms with Crippen molar-refractivity contribution in [1.82, 2.24) is 4.98 Å². The number of hydrogen-bond donors (Lipinski definition) is 2. The summed E-state index contributed by atoms with van der Waals surface area (Å²) in [6.45, 7) is 0.288. The van der Waals surface area contributed by atoms with Gasteiger partial charge in [-0.25, -0.2) is 13.4 Å². The molecule has 0 bridgehead atoms. The van der Waals surface area contributed by atoms with Crippen LogP contribution in [0.25, 0.3) is 0 Å². The number of sulfonamides is 1. The highest BCUT2D eigenvalue weighted by atomic mass is 79.9. The molecule has 0 fully saturated rings. The average molecular weight is 342 g/mol. The second-order valence-electron chi connectivity index (χ2n) is 3.79. The number of rotatable bonds is 4. The minimum atomic E-state index is -3.67. The van der Waals surface area contributed by atoms with E-state index >= 15 is 0 Å². The molecule has 7 heteroatoms. The van der Waals surface area contributed by atoms with Crippen LogP contribution in [0.15, 0.2) is 52.0 Å². The normalized spacial score (nSPS) is 11.3. The predicted molar refractivity (Wildman–Crippen MR) is 77.1 cm³/mol. The maximum Gasteiger partial charge on any atom is 0.263 e. The van der Waals surface area contributed by atoms with Crippen LogP contribution in [0.5, 0.6) is 0 Å². The molecule has 19 heavy (non-hydrogen) atoms. The molecule has 0 radical (unpaired) electrons. The number of nitrogens with one attached hydrogen (secondary N) is 1. The molecule has 2 rings (SSSR count). The molecule has 1 aromatic heterocycles. The van der Waals surface area contributed by atoms with E-state index in [0.717, 1.165) is 5.56 Å². The third-order valence-corrected chi connectivity index (χ3v) is 4.41. The molecule has 0 unspecified atom stereocenters. The number of nitrogens with zero attached hydrogens (tertiary/aromatic N) is 1. The minimum absolute atomic E-state index is 0.160. The number of anilines is 1.